The molecular formula is C11H21NO. The fraction of sp³-hybridized carbons (Fsp3) is 0.818. The Kier molecular flexibility index (Phi) is 3.51. The molecule has 0 spiro atoms. The second kappa shape index (κ2) is 4.25. The quantitative estimate of drug-likeness (QED) is 0.673. The van der Waals surface area contributed by atoms with Gasteiger partial charge in [0.2, 0.25) is 0 Å². The molecular weight excluding hydrogens is 162 g/mol. The molecule has 0 bridgehead atoms. The first kappa shape index (κ1) is 10.7. The molecule has 2 heteroatoms. The highest BCUT2D eigenvalue weighted by atomic mass is 16.5. The molecule has 0 aromatic rings. The van der Waals surface area contributed by atoms with Crippen LogP contribution in [-0.4, -0.2) is 25.8 Å². The average Bonchev–Trinajstić information content (AvgIpc) is 2.10. The molecule has 0 saturated heterocycles. The van der Waals surface area contributed by atoms with Crippen LogP contribution in [0.2, 0.25) is 0 Å². The molecule has 1 fully saturated rings. The molecule has 2 nitrogen and oxygen atoms in total. The van der Waals surface area contributed by atoms with Gasteiger partial charge >= 0.3 is 0 Å². The third kappa shape index (κ3) is 2.12. The lowest BCUT2D eigenvalue weighted by molar-refractivity contribution is -0.0964. The number of hydrogen-bond donors (Lipinski definition) is 1. The molecule has 1 rings (SSSR count). The number of methoxy groups -OCH3 is 1. The highest BCUT2D eigenvalue weighted by Gasteiger charge is 2.47. The Morgan fingerprint density at radius 3 is 2.69 bits per heavy atom. The smallest absolute Gasteiger partial charge is 0.0652 e. The van der Waals surface area contributed by atoms with E-state index < -0.39 is 0 Å². The lowest BCUT2D eigenvalue weighted by Crippen LogP contribution is -2.60. The van der Waals surface area contributed by atoms with Gasteiger partial charge in [-0.3, -0.25) is 0 Å². The zero-order valence-electron chi connectivity index (χ0n) is 9.13. The molecule has 13 heavy (non-hydrogen) atoms. The summed E-state index contributed by atoms with van der Waals surface area (Å²) in [6, 6.07) is 0.605. The molecule has 76 valence electrons. The molecule has 0 aromatic heterocycles. The number of ether oxygens (including phenoxy) is 1. The van der Waals surface area contributed by atoms with Gasteiger partial charge in [-0.05, 0) is 13.3 Å². The molecule has 1 aliphatic rings. The molecule has 0 amide bonds. The van der Waals surface area contributed by atoms with Gasteiger partial charge in [-0.2, -0.15) is 0 Å². The summed E-state index contributed by atoms with van der Waals surface area (Å²) in [7, 11) is 1.80. The van der Waals surface area contributed by atoms with Crippen LogP contribution >= 0.6 is 0 Å². The summed E-state index contributed by atoms with van der Waals surface area (Å²) in [5.41, 5.74) is 0.288. The van der Waals surface area contributed by atoms with Gasteiger partial charge in [0.25, 0.3) is 0 Å². The van der Waals surface area contributed by atoms with Crippen molar-refractivity contribution in [3.05, 3.63) is 12.2 Å². The van der Waals surface area contributed by atoms with Gasteiger partial charge < -0.3 is 10.1 Å². The predicted octanol–water partition coefficient (Wildman–Crippen LogP) is 1.97. The summed E-state index contributed by atoms with van der Waals surface area (Å²) in [4.78, 5) is 0. The van der Waals surface area contributed by atoms with E-state index in [9.17, 15) is 0 Å². The van der Waals surface area contributed by atoms with Crippen molar-refractivity contribution in [2.45, 2.75) is 39.3 Å². The Bertz CT molecular complexity index is 187. The Morgan fingerprint density at radius 2 is 2.23 bits per heavy atom. The van der Waals surface area contributed by atoms with E-state index in [4.69, 9.17) is 4.74 Å². The number of allylic oxidation sites excluding steroid dienone is 1. The van der Waals surface area contributed by atoms with Crippen molar-refractivity contribution in [2.24, 2.45) is 5.41 Å². The van der Waals surface area contributed by atoms with Gasteiger partial charge in [-0.15, -0.1) is 0 Å². The van der Waals surface area contributed by atoms with Crippen LogP contribution in [0.15, 0.2) is 12.2 Å². The van der Waals surface area contributed by atoms with Crippen molar-refractivity contribution in [3.8, 4) is 0 Å². The first-order valence-corrected chi connectivity index (χ1v) is 5.00. The molecule has 0 aliphatic heterocycles. The fourth-order valence-corrected chi connectivity index (χ4v) is 1.96. The maximum atomic E-state index is 5.38. The summed E-state index contributed by atoms with van der Waals surface area (Å²) in [5.74, 6) is 0. The minimum absolute atomic E-state index is 0.288. The van der Waals surface area contributed by atoms with Gasteiger partial charge in [0.15, 0.2) is 0 Å². The van der Waals surface area contributed by atoms with E-state index in [1.807, 2.05) is 6.92 Å². The second-order valence-corrected chi connectivity index (χ2v) is 4.31. The van der Waals surface area contributed by atoms with Crippen LogP contribution in [0.4, 0.5) is 0 Å². The first-order valence-electron chi connectivity index (χ1n) is 5.00. The van der Waals surface area contributed by atoms with Gasteiger partial charge in [0, 0.05) is 25.1 Å². The van der Waals surface area contributed by atoms with E-state index in [0.717, 1.165) is 13.0 Å². The Labute approximate surface area is 81.4 Å². The number of rotatable bonds is 4. The molecule has 1 N–H and O–H groups in total. The Hall–Kier alpha value is -0.340. The normalized spacial score (nSPS) is 32.0. The summed E-state index contributed by atoms with van der Waals surface area (Å²) in [6.45, 7) is 7.54. The van der Waals surface area contributed by atoms with Crippen LogP contribution < -0.4 is 5.32 Å². The summed E-state index contributed by atoms with van der Waals surface area (Å²) in [6.07, 6.45) is 5.79. The van der Waals surface area contributed by atoms with E-state index >= 15 is 0 Å². The van der Waals surface area contributed by atoms with Crippen LogP contribution in [0.25, 0.3) is 0 Å². The summed E-state index contributed by atoms with van der Waals surface area (Å²) >= 11 is 0. The molecule has 0 aromatic carbocycles. The van der Waals surface area contributed by atoms with Crippen LogP contribution in [0, 0.1) is 5.41 Å². The summed E-state index contributed by atoms with van der Waals surface area (Å²) in [5, 5.41) is 3.51. The number of hydrogen-bond acceptors (Lipinski definition) is 2. The molecule has 1 saturated carbocycles. The van der Waals surface area contributed by atoms with E-state index in [0.29, 0.717) is 12.1 Å². The topological polar surface area (TPSA) is 21.3 Å². The zero-order chi connectivity index (χ0) is 9.90. The van der Waals surface area contributed by atoms with Crippen molar-refractivity contribution in [3.63, 3.8) is 0 Å². The Balaban J connectivity index is 2.31. The van der Waals surface area contributed by atoms with Crippen molar-refractivity contribution >= 4 is 0 Å². The lowest BCUT2D eigenvalue weighted by Gasteiger charge is -2.51. The SMILES string of the molecule is C/C=C/CNC1CC(OC)C1(C)C. The van der Waals surface area contributed by atoms with Gasteiger partial charge in [-0.25, -0.2) is 0 Å². The molecule has 2 unspecified atom stereocenters. The van der Waals surface area contributed by atoms with Crippen molar-refractivity contribution < 1.29 is 4.74 Å². The van der Waals surface area contributed by atoms with Gasteiger partial charge in [0.05, 0.1) is 6.10 Å². The van der Waals surface area contributed by atoms with E-state index in [-0.39, 0.29) is 5.41 Å². The molecule has 1 aliphatic carbocycles. The average molecular weight is 183 g/mol. The van der Waals surface area contributed by atoms with Crippen LogP contribution in [0.5, 0.6) is 0 Å². The first-order chi connectivity index (χ1) is 6.12. The molecule has 0 heterocycles. The van der Waals surface area contributed by atoms with Crippen LogP contribution in [-0.2, 0) is 4.74 Å². The van der Waals surface area contributed by atoms with Crippen molar-refractivity contribution in [2.75, 3.05) is 13.7 Å². The van der Waals surface area contributed by atoms with Crippen LogP contribution in [0.1, 0.15) is 27.2 Å². The van der Waals surface area contributed by atoms with E-state index in [1.165, 1.54) is 0 Å². The molecule has 2 atom stereocenters. The van der Waals surface area contributed by atoms with Gasteiger partial charge in [0.1, 0.15) is 0 Å². The minimum atomic E-state index is 0.288. The zero-order valence-corrected chi connectivity index (χ0v) is 9.13. The Morgan fingerprint density at radius 1 is 1.54 bits per heavy atom. The third-order valence-electron chi connectivity index (χ3n) is 3.18. The van der Waals surface area contributed by atoms with E-state index in [2.05, 4.69) is 31.3 Å². The minimum Gasteiger partial charge on any atom is -0.381 e. The summed E-state index contributed by atoms with van der Waals surface area (Å²) < 4.78 is 5.38. The third-order valence-corrected chi connectivity index (χ3v) is 3.18. The van der Waals surface area contributed by atoms with Gasteiger partial charge in [-0.1, -0.05) is 26.0 Å². The highest BCUT2D eigenvalue weighted by Crippen LogP contribution is 2.42. The van der Waals surface area contributed by atoms with Crippen molar-refractivity contribution in [1.82, 2.24) is 5.32 Å². The maximum Gasteiger partial charge on any atom is 0.0652 e. The second-order valence-electron chi connectivity index (χ2n) is 4.31. The standard InChI is InChI=1S/C11H21NO/c1-5-6-7-12-9-8-10(13-4)11(9,2)3/h5-6,9-10,12H,7-8H2,1-4H3/b6-5+. The monoisotopic (exact) mass is 183 g/mol. The lowest BCUT2D eigenvalue weighted by atomic mass is 9.64. The number of nitrogens with one attached hydrogen (secondary N) is 1. The highest BCUT2D eigenvalue weighted by molar-refractivity contribution is 5.03. The molecule has 0 radical (unpaired) electrons. The van der Waals surface area contributed by atoms with Crippen LogP contribution in [0.3, 0.4) is 0 Å². The predicted molar refractivity (Wildman–Crippen MR) is 55.8 cm³/mol. The van der Waals surface area contributed by atoms with Crippen molar-refractivity contribution in [1.29, 1.82) is 0 Å². The largest absolute Gasteiger partial charge is 0.381 e. The van der Waals surface area contributed by atoms with E-state index in [1.54, 1.807) is 7.11 Å². The fourth-order valence-electron chi connectivity index (χ4n) is 1.96. The maximum absolute atomic E-state index is 5.38.